The molecule has 132 valence electrons. The van der Waals surface area contributed by atoms with Gasteiger partial charge in [0.05, 0.1) is 6.20 Å². The van der Waals surface area contributed by atoms with E-state index in [4.69, 9.17) is 0 Å². The summed E-state index contributed by atoms with van der Waals surface area (Å²) in [6.45, 7) is 3.24. The first-order chi connectivity index (χ1) is 12.7. The van der Waals surface area contributed by atoms with Crippen LogP contribution in [0.15, 0.2) is 53.7 Å². The quantitative estimate of drug-likeness (QED) is 0.770. The number of rotatable bonds is 3. The molecule has 1 aliphatic rings. The standard InChI is InChI=1S/C19H19N5O2/c25-18-15(11-14-3-1-2-4-16(14)22-18)13-23-7-9-24(10-8-23)19(26)17-12-20-5-6-21-17/h1-6,11-12H,7-10,13H2,(H,22,25). The summed E-state index contributed by atoms with van der Waals surface area (Å²) in [5.74, 6) is -0.0960. The van der Waals surface area contributed by atoms with Crippen molar-refractivity contribution in [1.82, 2.24) is 24.8 Å². The molecule has 1 fully saturated rings. The number of aromatic nitrogens is 3. The number of aromatic amines is 1. The van der Waals surface area contributed by atoms with Crippen molar-refractivity contribution in [3.8, 4) is 0 Å². The summed E-state index contributed by atoms with van der Waals surface area (Å²) in [6, 6.07) is 9.71. The lowest BCUT2D eigenvalue weighted by Crippen LogP contribution is -2.48. The maximum atomic E-state index is 12.4. The fourth-order valence-corrected chi connectivity index (χ4v) is 3.23. The van der Waals surface area contributed by atoms with Gasteiger partial charge in [-0.1, -0.05) is 18.2 Å². The van der Waals surface area contributed by atoms with Gasteiger partial charge in [-0.25, -0.2) is 4.98 Å². The van der Waals surface area contributed by atoms with Gasteiger partial charge in [-0.15, -0.1) is 0 Å². The Morgan fingerprint density at radius 3 is 2.69 bits per heavy atom. The molecule has 2 aromatic heterocycles. The smallest absolute Gasteiger partial charge is 0.274 e. The van der Waals surface area contributed by atoms with Gasteiger partial charge in [0.1, 0.15) is 5.69 Å². The number of piperazine rings is 1. The highest BCUT2D eigenvalue weighted by molar-refractivity contribution is 5.92. The minimum absolute atomic E-state index is 0.0539. The van der Waals surface area contributed by atoms with E-state index >= 15 is 0 Å². The first-order valence-corrected chi connectivity index (χ1v) is 8.59. The van der Waals surface area contributed by atoms with Gasteiger partial charge in [-0.05, 0) is 17.5 Å². The van der Waals surface area contributed by atoms with E-state index in [9.17, 15) is 9.59 Å². The Morgan fingerprint density at radius 2 is 1.92 bits per heavy atom. The number of fused-ring (bicyclic) bond motifs is 1. The maximum Gasteiger partial charge on any atom is 0.274 e. The largest absolute Gasteiger partial charge is 0.335 e. The molecule has 0 radical (unpaired) electrons. The number of hydrogen-bond acceptors (Lipinski definition) is 5. The second-order valence-electron chi connectivity index (χ2n) is 6.37. The van der Waals surface area contributed by atoms with Crippen LogP contribution in [0.5, 0.6) is 0 Å². The lowest BCUT2D eigenvalue weighted by Gasteiger charge is -2.34. The zero-order valence-corrected chi connectivity index (χ0v) is 14.3. The van der Waals surface area contributed by atoms with Gasteiger partial charge < -0.3 is 9.88 Å². The molecule has 7 nitrogen and oxygen atoms in total. The van der Waals surface area contributed by atoms with E-state index in [-0.39, 0.29) is 11.5 Å². The lowest BCUT2D eigenvalue weighted by molar-refractivity contribution is 0.0622. The zero-order chi connectivity index (χ0) is 17.9. The van der Waals surface area contributed by atoms with Crippen molar-refractivity contribution < 1.29 is 4.79 Å². The van der Waals surface area contributed by atoms with Crippen molar-refractivity contribution in [2.24, 2.45) is 0 Å². The third-order valence-electron chi connectivity index (χ3n) is 4.67. The van der Waals surface area contributed by atoms with E-state index in [0.717, 1.165) is 29.6 Å². The molecule has 0 unspecified atom stereocenters. The normalized spacial score (nSPS) is 15.3. The predicted molar refractivity (Wildman–Crippen MR) is 97.8 cm³/mol. The fraction of sp³-hybridized carbons (Fsp3) is 0.263. The Hall–Kier alpha value is -3.06. The number of H-pyrrole nitrogens is 1. The zero-order valence-electron chi connectivity index (χ0n) is 14.3. The Morgan fingerprint density at radius 1 is 1.12 bits per heavy atom. The van der Waals surface area contributed by atoms with Crippen LogP contribution in [0.4, 0.5) is 0 Å². The molecule has 1 N–H and O–H groups in total. The topological polar surface area (TPSA) is 82.2 Å². The van der Waals surface area contributed by atoms with E-state index in [0.29, 0.717) is 25.3 Å². The number of benzene rings is 1. The van der Waals surface area contributed by atoms with Gasteiger partial charge in [0, 0.05) is 56.2 Å². The molecule has 0 atom stereocenters. The fourth-order valence-electron chi connectivity index (χ4n) is 3.23. The van der Waals surface area contributed by atoms with Crippen LogP contribution in [0.2, 0.25) is 0 Å². The van der Waals surface area contributed by atoms with Crippen molar-refractivity contribution in [2.75, 3.05) is 26.2 Å². The summed E-state index contributed by atoms with van der Waals surface area (Å²) in [5.41, 5.74) is 1.91. The molecule has 1 aliphatic heterocycles. The average molecular weight is 349 g/mol. The first kappa shape index (κ1) is 16.4. The van der Waals surface area contributed by atoms with Crippen LogP contribution in [-0.2, 0) is 6.54 Å². The highest BCUT2D eigenvalue weighted by Crippen LogP contribution is 2.13. The Kier molecular flexibility index (Phi) is 4.45. The molecule has 26 heavy (non-hydrogen) atoms. The molecular weight excluding hydrogens is 330 g/mol. The molecule has 3 aromatic rings. The number of amides is 1. The molecule has 3 heterocycles. The highest BCUT2D eigenvalue weighted by Gasteiger charge is 2.23. The number of nitrogens with zero attached hydrogens (tertiary/aromatic N) is 4. The number of carbonyl (C=O) groups excluding carboxylic acids is 1. The second-order valence-corrected chi connectivity index (χ2v) is 6.37. The number of para-hydroxylation sites is 1. The number of nitrogens with one attached hydrogen (secondary N) is 1. The molecule has 7 heteroatoms. The van der Waals surface area contributed by atoms with Crippen LogP contribution < -0.4 is 5.56 Å². The lowest BCUT2D eigenvalue weighted by atomic mass is 10.1. The number of carbonyl (C=O) groups is 1. The van der Waals surface area contributed by atoms with Crippen molar-refractivity contribution in [1.29, 1.82) is 0 Å². The van der Waals surface area contributed by atoms with Crippen LogP contribution in [-0.4, -0.2) is 56.8 Å². The van der Waals surface area contributed by atoms with Crippen LogP contribution in [0.3, 0.4) is 0 Å². The molecule has 0 saturated carbocycles. The molecule has 0 bridgehead atoms. The molecule has 1 aromatic carbocycles. The van der Waals surface area contributed by atoms with E-state index in [1.54, 1.807) is 11.1 Å². The van der Waals surface area contributed by atoms with Crippen LogP contribution in [0, 0.1) is 0 Å². The van der Waals surface area contributed by atoms with Crippen molar-refractivity contribution in [3.63, 3.8) is 0 Å². The van der Waals surface area contributed by atoms with E-state index in [1.807, 2.05) is 30.3 Å². The molecule has 4 rings (SSSR count). The maximum absolute atomic E-state index is 12.4. The van der Waals surface area contributed by atoms with E-state index < -0.39 is 0 Å². The molecule has 0 spiro atoms. The molecule has 1 amide bonds. The van der Waals surface area contributed by atoms with Gasteiger partial charge in [0.15, 0.2) is 0 Å². The Balaban J connectivity index is 1.42. The average Bonchev–Trinajstić information content (AvgIpc) is 2.69. The summed E-state index contributed by atoms with van der Waals surface area (Å²) < 4.78 is 0. The summed E-state index contributed by atoms with van der Waals surface area (Å²) in [6.07, 6.45) is 4.56. The number of pyridine rings is 1. The Labute approximate surface area is 150 Å². The second kappa shape index (κ2) is 7.05. The van der Waals surface area contributed by atoms with Crippen LogP contribution in [0.25, 0.3) is 10.9 Å². The monoisotopic (exact) mass is 349 g/mol. The van der Waals surface area contributed by atoms with Crippen molar-refractivity contribution in [3.05, 3.63) is 70.5 Å². The van der Waals surface area contributed by atoms with Gasteiger partial charge >= 0.3 is 0 Å². The van der Waals surface area contributed by atoms with E-state index in [2.05, 4.69) is 19.9 Å². The SMILES string of the molecule is O=C(c1cnccn1)N1CCN(Cc2cc3ccccc3[nH]c2=O)CC1. The van der Waals surface area contributed by atoms with Gasteiger partial charge in [-0.3, -0.25) is 19.5 Å². The minimum Gasteiger partial charge on any atom is -0.335 e. The summed E-state index contributed by atoms with van der Waals surface area (Å²) >= 11 is 0. The van der Waals surface area contributed by atoms with E-state index in [1.165, 1.54) is 12.4 Å². The first-order valence-electron chi connectivity index (χ1n) is 8.59. The van der Waals surface area contributed by atoms with Gasteiger partial charge in [0.2, 0.25) is 0 Å². The predicted octanol–water partition coefficient (Wildman–Crippen LogP) is 1.28. The number of hydrogen-bond donors (Lipinski definition) is 1. The van der Waals surface area contributed by atoms with Crippen LogP contribution >= 0.6 is 0 Å². The summed E-state index contributed by atoms with van der Waals surface area (Å²) in [7, 11) is 0. The molecule has 1 saturated heterocycles. The van der Waals surface area contributed by atoms with Crippen molar-refractivity contribution >= 4 is 16.8 Å². The molecule has 0 aliphatic carbocycles. The van der Waals surface area contributed by atoms with Gasteiger partial charge in [-0.2, -0.15) is 0 Å². The van der Waals surface area contributed by atoms with Gasteiger partial charge in [0.25, 0.3) is 11.5 Å². The highest BCUT2D eigenvalue weighted by atomic mass is 16.2. The summed E-state index contributed by atoms with van der Waals surface area (Å²) in [4.78, 5) is 39.6. The third kappa shape index (κ3) is 3.34. The van der Waals surface area contributed by atoms with Crippen LogP contribution in [0.1, 0.15) is 16.1 Å². The molecular formula is C19H19N5O2. The third-order valence-corrected chi connectivity index (χ3v) is 4.67. The summed E-state index contributed by atoms with van der Waals surface area (Å²) in [5, 5.41) is 1.03. The minimum atomic E-state index is -0.0960. The van der Waals surface area contributed by atoms with Crippen molar-refractivity contribution in [2.45, 2.75) is 6.54 Å². The Bertz CT molecular complexity index is 978.